The number of nitrogens with zero attached hydrogens (tertiary/aromatic N) is 3. The molecule has 1 N–H and O–H groups in total. The minimum absolute atomic E-state index is 0.118. The van der Waals surface area contributed by atoms with Crippen LogP contribution in [-0.2, 0) is 6.54 Å². The summed E-state index contributed by atoms with van der Waals surface area (Å²) in [4.78, 5) is 27.1. The lowest BCUT2D eigenvalue weighted by atomic mass is 10.0. The molecule has 3 aromatic carbocycles. The van der Waals surface area contributed by atoms with Crippen LogP contribution in [0.2, 0.25) is 5.02 Å². The summed E-state index contributed by atoms with van der Waals surface area (Å²) < 4.78 is 12.3. The Morgan fingerprint density at radius 1 is 1.03 bits per heavy atom. The van der Waals surface area contributed by atoms with Crippen molar-refractivity contribution < 1.29 is 24.2 Å². The van der Waals surface area contributed by atoms with E-state index in [1.165, 1.54) is 4.68 Å². The Hall–Kier alpha value is -4.30. The summed E-state index contributed by atoms with van der Waals surface area (Å²) in [6, 6.07) is 21.6. The predicted molar refractivity (Wildman–Crippen MR) is 135 cm³/mol. The molecule has 1 aliphatic rings. The van der Waals surface area contributed by atoms with E-state index in [1.807, 2.05) is 59.5 Å². The number of ether oxygens (including phenoxy) is 2. The van der Waals surface area contributed by atoms with Crippen molar-refractivity contribution in [3.63, 3.8) is 0 Å². The molecule has 1 aromatic heterocycles. The monoisotopic (exact) mass is 503 g/mol. The van der Waals surface area contributed by atoms with Gasteiger partial charge >= 0.3 is 5.97 Å². The molecule has 0 saturated carbocycles. The van der Waals surface area contributed by atoms with Crippen LogP contribution in [0.1, 0.15) is 33.0 Å². The number of halogens is 1. The number of para-hydroxylation sites is 1. The second-order valence-electron chi connectivity index (χ2n) is 8.23. The third kappa shape index (κ3) is 4.50. The molecular weight excluding hydrogens is 482 g/mol. The SMILES string of the molecule is COc1ccc(CN2CCC(=O)c3nn(-c4ccc(Oc5ccccc5)cc4Cl)c(C(=O)O)c32)cc1. The lowest BCUT2D eigenvalue weighted by molar-refractivity contribution is 0.0687. The van der Waals surface area contributed by atoms with Crippen LogP contribution in [-0.4, -0.2) is 40.3 Å². The average molecular weight is 504 g/mol. The Balaban J connectivity index is 1.53. The van der Waals surface area contributed by atoms with E-state index in [0.29, 0.717) is 30.3 Å². The number of carboxylic acids is 1. The van der Waals surface area contributed by atoms with E-state index in [1.54, 1.807) is 25.3 Å². The van der Waals surface area contributed by atoms with Gasteiger partial charge in [-0.3, -0.25) is 4.79 Å². The topological polar surface area (TPSA) is 93.9 Å². The Kier molecular flexibility index (Phi) is 6.35. The van der Waals surface area contributed by atoms with E-state index in [4.69, 9.17) is 21.1 Å². The van der Waals surface area contributed by atoms with Gasteiger partial charge in [0.25, 0.3) is 0 Å². The molecule has 0 bridgehead atoms. The highest BCUT2D eigenvalue weighted by Crippen LogP contribution is 2.36. The number of carbonyl (C=O) groups is 2. The second kappa shape index (κ2) is 9.75. The predicted octanol–water partition coefficient (Wildman–Crippen LogP) is 5.62. The molecule has 182 valence electrons. The van der Waals surface area contributed by atoms with Crippen molar-refractivity contribution in [3.05, 3.63) is 94.8 Å². The second-order valence-corrected chi connectivity index (χ2v) is 8.64. The quantitative estimate of drug-likeness (QED) is 0.350. The maximum Gasteiger partial charge on any atom is 0.356 e. The van der Waals surface area contributed by atoms with Crippen molar-refractivity contribution in [2.24, 2.45) is 0 Å². The molecule has 0 atom stereocenters. The molecule has 0 radical (unpaired) electrons. The minimum Gasteiger partial charge on any atom is -0.497 e. The van der Waals surface area contributed by atoms with Gasteiger partial charge in [-0.15, -0.1) is 0 Å². The first-order valence-corrected chi connectivity index (χ1v) is 11.6. The number of Topliss-reactive ketones (excluding diaryl/α,β-unsaturated/α-hetero) is 1. The molecule has 5 rings (SSSR count). The van der Waals surface area contributed by atoms with Crippen LogP contribution in [0.25, 0.3) is 5.69 Å². The fourth-order valence-corrected chi connectivity index (χ4v) is 4.44. The van der Waals surface area contributed by atoms with Crippen LogP contribution in [0.3, 0.4) is 0 Å². The maximum atomic E-state index is 12.8. The first-order valence-electron chi connectivity index (χ1n) is 11.2. The molecule has 0 amide bonds. The van der Waals surface area contributed by atoms with Crippen molar-refractivity contribution in [2.75, 3.05) is 18.6 Å². The molecule has 4 aromatic rings. The third-order valence-corrected chi connectivity index (χ3v) is 6.21. The number of hydrogen-bond acceptors (Lipinski definition) is 6. The maximum absolute atomic E-state index is 12.8. The summed E-state index contributed by atoms with van der Waals surface area (Å²) in [5, 5.41) is 14.8. The first-order chi connectivity index (χ1) is 17.4. The van der Waals surface area contributed by atoms with Crippen LogP contribution in [0, 0.1) is 0 Å². The van der Waals surface area contributed by atoms with Crippen molar-refractivity contribution in [1.82, 2.24) is 9.78 Å². The normalized spacial score (nSPS) is 12.8. The Morgan fingerprint density at radius 3 is 2.42 bits per heavy atom. The highest BCUT2D eigenvalue weighted by Gasteiger charge is 2.35. The first kappa shape index (κ1) is 23.4. The van der Waals surface area contributed by atoms with Gasteiger partial charge in [-0.25, -0.2) is 9.48 Å². The van der Waals surface area contributed by atoms with Gasteiger partial charge in [0.15, 0.2) is 17.2 Å². The summed E-state index contributed by atoms with van der Waals surface area (Å²) in [7, 11) is 1.59. The molecule has 8 nitrogen and oxygen atoms in total. The molecule has 9 heteroatoms. The largest absolute Gasteiger partial charge is 0.497 e. The lowest BCUT2D eigenvalue weighted by Crippen LogP contribution is -2.32. The van der Waals surface area contributed by atoms with E-state index in [2.05, 4.69) is 5.10 Å². The van der Waals surface area contributed by atoms with E-state index in [9.17, 15) is 14.7 Å². The van der Waals surface area contributed by atoms with Gasteiger partial charge in [-0.05, 0) is 42.0 Å². The zero-order chi connectivity index (χ0) is 25.2. The Bertz CT molecular complexity index is 1430. The van der Waals surface area contributed by atoms with Gasteiger partial charge in [-0.1, -0.05) is 41.9 Å². The van der Waals surface area contributed by atoms with Crippen molar-refractivity contribution in [1.29, 1.82) is 0 Å². The standard InChI is InChI=1S/C27H22ClN3O5/c1-35-18-9-7-17(8-10-18)16-30-14-13-23(32)24-25(30)26(27(33)34)31(29-24)22-12-11-20(15-21(22)28)36-19-5-3-2-4-6-19/h2-12,15H,13-14,16H2,1H3,(H,33,34). The molecule has 1 aliphatic heterocycles. The van der Waals surface area contributed by atoms with Gasteiger partial charge in [0, 0.05) is 25.6 Å². The third-order valence-electron chi connectivity index (χ3n) is 5.91. The number of fused-ring (bicyclic) bond motifs is 1. The molecule has 0 fully saturated rings. The molecule has 36 heavy (non-hydrogen) atoms. The smallest absolute Gasteiger partial charge is 0.356 e. The van der Waals surface area contributed by atoms with Crippen molar-refractivity contribution >= 4 is 29.0 Å². The van der Waals surface area contributed by atoms with Crippen LogP contribution in [0.5, 0.6) is 17.2 Å². The summed E-state index contributed by atoms with van der Waals surface area (Å²) >= 11 is 6.56. The van der Waals surface area contributed by atoms with Gasteiger partial charge in [-0.2, -0.15) is 5.10 Å². The molecule has 2 heterocycles. The average Bonchev–Trinajstić information content (AvgIpc) is 3.29. The molecular formula is C27H22ClN3O5. The zero-order valence-corrected chi connectivity index (χ0v) is 20.1. The summed E-state index contributed by atoms with van der Waals surface area (Å²) in [5.74, 6) is 0.431. The molecule has 0 unspecified atom stereocenters. The lowest BCUT2D eigenvalue weighted by Gasteiger charge is -2.28. The highest BCUT2D eigenvalue weighted by atomic mass is 35.5. The zero-order valence-electron chi connectivity index (χ0n) is 19.3. The van der Waals surface area contributed by atoms with E-state index < -0.39 is 5.97 Å². The van der Waals surface area contributed by atoms with Gasteiger partial charge in [0.1, 0.15) is 22.9 Å². The number of methoxy groups -OCH3 is 1. The number of carboxylic acid groups (broad SMARTS) is 1. The number of benzene rings is 3. The number of aromatic nitrogens is 2. The van der Waals surface area contributed by atoms with E-state index in [-0.39, 0.29) is 34.3 Å². The van der Waals surface area contributed by atoms with Gasteiger partial charge in [0.2, 0.25) is 0 Å². The van der Waals surface area contributed by atoms with E-state index in [0.717, 1.165) is 11.3 Å². The number of rotatable bonds is 7. The fraction of sp³-hybridized carbons (Fsp3) is 0.148. The van der Waals surface area contributed by atoms with Crippen LogP contribution >= 0.6 is 11.6 Å². The number of carbonyl (C=O) groups excluding carboxylic acids is 1. The minimum atomic E-state index is -1.21. The highest BCUT2D eigenvalue weighted by molar-refractivity contribution is 6.32. The summed E-state index contributed by atoms with van der Waals surface area (Å²) in [6.07, 6.45) is 0.233. The van der Waals surface area contributed by atoms with Crippen molar-refractivity contribution in [2.45, 2.75) is 13.0 Å². The number of hydrogen-bond donors (Lipinski definition) is 1. The number of ketones is 1. The Morgan fingerprint density at radius 2 is 1.75 bits per heavy atom. The fourth-order valence-electron chi connectivity index (χ4n) is 4.19. The van der Waals surface area contributed by atoms with Gasteiger partial charge in [0.05, 0.1) is 17.8 Å². The van der Waals surface area contributed by atoms with Crippen LogP contribution in [0.15, 0.2) is 72.8 Å². The van der Waals surface area contributed by atoms with Crippen LogP contribution in [0.4, 0.5) is 5.69 Å². The van der Waals surface area contributed by atoms with Crippen LogP contribution < -0.4 is 14.4 Å². The molecule has 0 aliphatic carbocycles. The molecule has 0 saturated heterocycles. The Labute approximate surface area is 212 Å². The number of aromatic carboxylic acids is 1. The molecule has 0 spiro atoms. The summed E-state index contributed by atoms with van der Waals surface area (Å²) in [6.45, 7) is 0.787. The van der Waals surface area contributed by atoms with Gasteiger partial charge < -0.3 is 19.5 Å². The summed E-state index contributed by atoms with van der Waals surface area (Å²) in [5.41, 5.74) is 1.56. The van der Waals surface area contributed by atoms with E-state index >= 15 is 0 Å². The van der Waals surface area contributed by atoms with Crippen molar-refractivity contribution in [3.8, 4) is 22.9 Å². The number of anilines is 1.